The van der Waals surface area contributed by atoms with Gasteiger partial charge in [0.1, 0.15) is 0 Å². The number of rotatable bonds is 12. The second-order valence-corrected chi connectivity index (χ2v) is 11.1. The van der Waals surface area contributed by atoms with E-state index in [9.17, 15) is 14.4 Å². The van der Waals surface area contributed by atoms with Crippen LogP contribution in [-0.2, 0) is 14.4 Å². The molecule has 3 amide bonds. The van der Waals surface area contributed by atoms with Gasteiger partial charge in [-0.15, -0.1) is 0 Å². The topological polar surface area (TPSA) is 87.3 Å². The Morgan fingerprint density at radius 3 is 1.06 bits per heavy atom. The minimum absolute atomic E-state index is 0.144. The summed E-state index contributed by atoms with van der Waals surface area (Å²) in [6.45, 7) is 8.00. The molecule has 4 saturated carbocycles. The second kappa shape index (κ2) is 14.8. The molecule has 204 valence electrons. The predicted molar refractivity (Wildman–Crippen MR) is 145 cm³/mol. The van der Waals surface area contributed by atoms with E-state index in [1.807, 2.05) is 27.7 Å². The summed E-state index contributed by atoms with van der Waals surface area (Å²) in [5.74, 6) is 1.21. The van der Waals surface area contributed by atoms with E-state index in [2.05, 4.69) is 16.0 Å². The Hall–Kier alpha value is -1.59. The molecule has 4 bridgehead atoms. The molecular formula is C29H55N3O3. The van der Waals surface area contributed by atoms with E-state index in [0.717, 1.165) is 44.4 Å². The van der Waals surface area contributed by atoms with Crippen molar-refractivity contribution in [2.24, 2.45) is 22.2 Å². The number of amides is 3. The lowest BCUT2D eigenvalue weighted by Gasteiger charge is -2.67. The summed E-state index contributed by atoms with van der Waals surface area (Å²) in [6.07, 6.45) is 16.0. The molecule has 4 fully saturated rings. The Bertz CT molecular complexity index is 580. The first-order valence-electron chi connectivity index (χ1n) is 14.4. The molecule has 0 aromatic heterocycles. The summed E-state index contributed by atoms with van der Waals surface area (Å²) in [7, 11) is 5.15. The molecular weight excluding hydrogens is 438 g/mol. The van der Waals surface area contributed by atoms with Crippen molar-refractivity contribution >= 4 is 17.7 Å². The Kier molecular flexibility index (Phi) is 13.3. The van der Waals surface area contributed by atoms with Gasteiger partial charge in [-0.3, -0.25) is 14.4 Å². The largest absolute Gasteiger partial charge is 0.359 e. The molecule has 6 heteroatoms. The Labute approximate surface area is 215 Å². The zero-order valence-corrected chi connectivity index (χ0v) is 23.9. The fourth-order valence-corrected chi connectivity index (χ4v) is 8.14. The lowest BCUT2D eigenvalue weighted by Crippen LogP contribution is -2.56. The molecule has 4 rings (SSSR count). The third-order valence-electron chi connectivity index (χ3n) is 8.58. The van der Waals surface area contributed by atoms with Gasteiger partial charge in [-0.25, -0.2) is 0 Å². The Balaban J connectivity index is 0.00000145. The van der Waals surface area contributed by atoms with Gasteiger partial charge in [0.2, 0.25) is 17.7 Å². The van der Waals surface area contributed by atoms with E-state index in [-0.39, 0.29) is 17.7 Å². The molecule has 0 aromatic carbocycles. The van der Waals surface area contributed by atoms with Crippen LogP contribution in [0.3, 0.4) is 0 Å². The molecule has 3 N–H and O–H groups in total. The van der Waals surface area contributed by atoms with Crippen molar-refractivity contribution in [1.82, 2.24) is 16.0 Å². The third-order valence-corrected chi connectivity index (χ3v) is 8.58. The quantitative estimate of drug-likeness (QED) is 0.324. The van der Waals surface area contributed by atoms with Crippen LogP contribution in [0.1, 0.15) is 124 Å². The monoisotopic (exact) mass is 493 g/mol. The highest BCUT2D eigenvalue weighted by Crippen LogP contribution is 2.73. The van der Waals surface area contributed by atoms with Gasteiger partial charge in [-0.1, -0.05) is 27.7 Å². The fraction of sp³-hybridized carbons (Fsp3) is 0.897. The van der Waals surface area contributed by atoms with Crippen molar-refractivity contribution < 1.29 is 14.4 Å². The summed E-state index contributed by atoms with van der Waals surface area (Å²) in [5, 5.41) is 8.29. The maximum atomic E-state index is 11.8. The van der Waals surface area contributed by atoms with Gasteiger partial charge in [0, 0.05) is 40.4 Å². The molecule has 4 aliphatic rings. The van der Waals surface area contributed by atoms with E-state index < -0.39 is 0 Å². The first-order valence-corrected chi connectivity index (χ1v) is 14.4. The van der Waals surface area contributed by atoms with Crippen molar-refractivity contribution in [3.63, 3.8) is 0 Å². The highest BCUT2D eigenvalue weighted by atomic mass is 16.2. The first-order chi connectivity index (χ1) is 16.8. The summed E-state index contributed by atoms with van der Waals surface area (Å²) in [6, 6.07) is 0. The summed E-state index contributed by atoms with van der Waals surface area (Å²) in [5.41, 5.74) is 1.06. The number of carbonyl (C=O) groups is 3. The standard InChI is InChI=1S/C25H43N3O3.2C2H6/c1-26-20(29)7-4-10-23-13-19-14-24(16-23,11-5-8-21(30)27-2)18-25(15-19,17-23)12-6-9-22(31)28-3;2*1-2/h19H,4-18H2,1-3H3,(H,26,29)(H,27,30)(H,28,31);2*1-2H3. The normalized spacial score (nSPS) is 29.7. The highest BCUT2D eigenvalue weighted by Gasteiger charge is 2.61. The molecule has 0 radical (unpaired) electrons. The minimum Gasteiger partial charge on any atom is -0.359 e. The molecule has 0 spiro atoms. The van der Waals surface area contributed by atoms with E-state index in [1.165, 1.54) is 38.5 Å². The molecule has 0 aromatic rings. The lowest BCUT2D eigenvalue weighted by atomic mass is 9.37. The molecule has 4 aliphatic carbocycles. The second-order valence-electron chi connectivity index (χ2n) is 11.1. The lowest BCUT2D eigenvalue weighted by molar-refractivity contribution is -0.169. The van der Waals surface area contributed by atoms with Gasteiger partial charge in [0.25, 0.3) is 0 Å². The number of hydrogen-bond acceptors (Lipinski definition) is 3. The molecule has 0 saturated heterocycles. The zero-order chi connectivity index (χ0) is 26.5. The molecule has 0 unspecified atom stereocenters. The van der Waals surface area contributed by atoms with Crippen LogP contribution in [0, 0.1) is 22.2 Å². The molecule has 35 heavy (non-hydrogen) atoms. The van der Waals surface area contributed by atoms with Gasteiger partial charge in [-0.05, 0) is 99.2 Å². The predicted octanol–water partition coefficient (Wildman–Crippen LogP) is 5.74. The van der Waals surface area contributed by atoms with Gasteiger partial charge in [0.05, 0.1) is 0 Å². The zero-order valence-electron chi connectivity index (χ0n) is 23.9. The average molecular weight is 494 g/mol. The number of nitrogens with one attached hydrogen (secondary N) is 3. The van der Waals surface area contributed by atoms with Crippen LogP contribution in [-0.4, -0.2) is 38.9 Å². The smallest absolute Gasteiger partial charge is 0.219 e. The third kappa shape index (κ3) is 8.78. The van der Waals surface area contributed by atoms with Gasteiger partial charge < -0.3 is 16.0 Å². The van der Waals surface area contributed by atoms with Crippen molar-refractivity contribution in [1.29, 1.82) is 0 Å². The van der Waals surface area contributed by atoms with Crippen LogP contribution in [0.4, 0.5) is 0 Å². The van der Waals surface area contributed by atoms with Crippen LogP contribution in [0.15, 0.2) is 0 Å². The van der Waals surface area contributed by atoms with Gasteiger partial charge in [-0.2, -0.15) is 0 Å². The Morgan fingerprint density at radius 1 is 0.571 bits per heavy atom. The highest BCUT2D eigenvalue weighted by molar-refractivity contribution is 5.76. The molecule has 0 aliphatic heterocycles. The molecule has 0 atom stereocenters. The summed E-state index contributed by atoms with van der Waals surface area (Å²) in [4.78, 5) is 35.4. The first kappa shape index (κ1) is 31.4. The van der Waals surface area contributed by atoms with E-state index in [0.29, 0.717) is 35.5 Å². The van der Waals surface area contributed by atoms with Crippen molar-refractivity contribution in [3.05, 3.63) is 0 Å². The summed E-state index contributed by atoms with van der Waals surface area (Å²) < 4.78 is 0. The fourth-order valence-electron chi connectivity index (χ4n) is 8.14. The van der Waals surface area contributed by atoms with Crippen LogP contribution in [0.5, 0.6) is 0 Å². The van der Waals surface area contributed by atoms with Crippen molar-refractivity contribution in [3.8, 4) is 0 Å². The summed E-state index contributed by atoms with van der Waals surface area (Å²) >= 11 is 0. The molecule has 0 heterocycles. The SMILES string of the molecule is CC.CC.CNC(=O)CCCC12CC3CC(CCCC(=O)NC)(C1)CC(CCCC(=O)NC)(C3)C2. The average Bonchev–Trinajstić information content (AvgIpc) is 2.84. The van der Waals surface area contributed by atoms with Crippen LogP contribution < -0.4 is 16.0 Å². The molecule has 6 nitrogen and oxygen atoms in total. The maximum Gasteiger partial charge on any atom is 0.219 e. The van der Waals surface area contributed by atoms with Gasteiger partial charge in [0.15, 0.2) is 0 Å². The van der Waals surface area contributed by atoms with E-state index in [4.69, 9.17) is 0 Å². The van der Waals surface area contributed by atoms with E-state index >= 15 is 0 Å². The van der Waals surface area contributed by atoms with Crippen LogP contribution in [0.25, 0.3) is 0 Å². The number of hydrogen-bond donors (Lipinski definition) is 3. The van der Waals surface area contributed by atoms with Crippen molar-refractivity contribution in [2.75, 3.05) is 21.1 Å². The number of carbonyl (C=O) groups excluding carboxylic acids is 3. The van der Waals surface area contributed by atoms with Crippen LogP contribution in [0.2, 0.25) is 0 Å². The van der Waals surface area contributed by atoms with Crippen molar-refractivity contribution in [2.45, 2.75) is 124 Å². The van der Waals surface area contributed by atoms with Crippen LogP contribution >= 0.6 is 0 Å². The van der Waals surface area contributed by atoms with E-state index in [1.54, 1.807) is 21.1 Å². The van der Waals surface area contributed by atoms with Gasteiger partial charge >= 0.3 is 0 Å². The Morgan fingerprint density at radius 2 is 0.829 bits per heavy atom. The maximum absolute atomic E-state index is 11.8. The minimum atomic E-state index is 0.144.